The zero-order valence-electron chi connectivity index (χ0n) is 4.52. The largest absolute Gasteiger partial charge is 0.526 e. The highest BCUT2D eigenvalue weighted by molar-refractivity contribution is 6.08. The molecule has 0 aromatic heterocycles. The Labute approximate surface area is 60.5 Å². The van der Waals surface area contributed by atoms with Crippen LogP contribution in [-0.4, -0.2) is 16.5 Å². The lowest BCUT2D eigenvalue weighted by Crippen LogP contribution is -2.00. The third-order valence-electron chi connectivity index (χ3n) is 0.534. The lowest BCUT2D eigenvalue weighted by atomic mass is 10.4. The highest BCUT2D eigenvalue weighted by Crippen LogP contribution is 1.86. The van der Waals surface area contributed by atoms with Crippen molar-refractivity contribution in [3.05, 3.63) is 12.2 Å². The summed E-state index contributed by atoms with van der Waals surface area (Å²) in [4.78, 5) is 10.2. The summed E-state index contributed by atoms with van der Waals surface area (Å²) in [5.41, 5.74) is 0.468. The molecule has 0 radical (unpaired) electrons. The Balaban J connectivity index is -0.000000180. The van der Waals surface area contributed by atoms with E-state index in [-0.39, 0.29) is 20.8 Å². The van der Waals surface area contributed by atoms with E-state index in [1.165, 1.54) is 0 Å². The molecule has 0 bridgehead atoms. The Morgan fingerprint density at radius 3 is 1.89 bits per heavy atom. The van der Waals surface area contributed by atoms with Gasteiger partial charge in [-0.3, -0.25) is 0 Å². The first kappa shape index (κ1) is 15.8. The van der Waals surface area contributed by atoms with Crippen molar-refractivity contribution < 1.29 is 9.22 Å². The second-order valence-corrected chi connectivity index (χ2v) is 1.68. The second-order valence-electron chi connectivity index (χ2n) is 1.27. The number of hydrogen-bond donors (Lipinski definition) is 0. The summed E-state index contributed by atoms with van der Waals surface area (Å²) in [6.45, 7) is 5.00. The summed E-state index contributed by atoms with van der Waals surface area (Å²) in [7, 11) is 0.460. The van der Waals surface area contributed by atoms with Gasteiger partial charge < -0.3 is 4.43 Å². The summed E-state index contributed by atoms with van der Waals surface area (Å²) < 4.78 is 4.41. The predicted octanol–water partition coefficient (Wildman–Crippen LogP) is 0.658. The quantitative estimate of drug-likeness (QED) is 0.403. The molecule has 0 saturated carbocycles. The molecule has 0 atom stereocenters. The molecule has 0 rings (SSSR count). The van der Waals surface area contributed by atoms with Crippen LogP contribution in [0.4, 0.5) is 0 Å². The minimum atomic E-state index is -0.285. The van der Waals surface area contributed by atoms with Crippen LogP contribution in [0.3, 0.4) is 0 Å². The van der Waals surface area contributed by atoms with E-state index in [1.54, 1.807) is 6.92 Å². The Kier molecular flexibility index (Phi) is 13.0. The molecule has 0 unspecified atom stereocenters. The maximum atomic E-state index is 10.2. The molecule has 0 amide bonds. The van der Waals surface area contributed by atoms with Gasteiger partial charge >= 0.3 is 5.97 Å². The van der Waals surface area contributed by atoms with Crippen LogP contribution >= 0.6 is 0 Å². The number of rotatable bonds is 1. The second kappa shape index (κ2) is 7.43. The lowest BCUT2D eigenvalue weighted by molar-refractivity contribution is -0.129. The fraction of sp³-hybridized carbons (Fsp3) is 0.500. The Hall–Kier alpha value is -0.573. The van der Waals surface area contributed by atoms with Crippen LogP contribution in [-0.2, 0) is 9.22 Å². The molecule has 0 aliphatic carbocycles. The summed E-state index contributed by atoms with van der Waals surface area (Å²) in [6.07, 6.45) is 0. The number of hydrogen-bond acceptors (Lipinski definition) is 2. The molecule has 0 aliphatic heterocycles. The van der Waals surface area contributed by atoms with Crippen LogP contribution in [0.1, 0.15) is 21.8 Å². The van der Waals surface area contributed by atoms with E-state index in [0.29, 0.717) is 16.1 Å². The van der Waals surface area contributed by atoms with E-state index in [4.69, 9.17) is 0 Å². The van der Waals surface area contributed by atoms with Crippen molar-refractivity contribution in [1.82, 2.24) is 0 Å². The third kappa shape index (κ3) is 7.43. The fourth-order valence-electron chi connectivity index (χ4n) is 0.174. The molecule has 0 fully saturated rings. The van der Waals surface area contributed by atoms with Crippen molar-refractivity contribution in [2.24, 2.45) is 0 Å². The fourth-order valence-corrected chi connectivity index (χ4v) is 0.523. The van der Waals surface area contributed by atoms with Gasteiger partial charge in [0, 0.05) is 5.57 Å². The van der Waals surface area contributed by atoms with E-state index >= 15 is 0 Å². The van der Waals surface area contributed by atoms with Crippen molar-refractivity contribution >= 4 is 16.5 Å². The topological polar surface area (TPSA) is 26.3 Å². The molecular weight excluding hydrogens is 132 g/mol. The molecule has 0 aromatic carbocycles. The average Bonchev–Trinajstić information content (AvgIpc) is 1.65. The van der Waals surface area contributed by atoms with Gasteiger partial charge in [-0.25, -0.2) is 4.79 Å². The standard InChI is InChI=1S/C4H8O2Si.2CH4/c1-3(2)4(5)6-7;;/h1H2,2,7H3;2*1H4. The van der Waals surface area contributed by atoms with Gasteiger partial charge in [0.1, 0.15) is 0 Å². The monoisotopic (exact) mass is 148 g/mol. The Bertz CT molecular complexity index is 99.2. The number of carbonyl (C=O) groups is 1. The van der Waals surface area contributed by atoms with Crippen molar-refractivity contribution in [3.8, 4) is 0 Å². The Morgan fingerprint density at radius 1 is 1.56 bits per heavy atom. The van der Waals surface area contributed by atoms with E-state index in [0.717, 1.165) is 0 Å². The highest BCUT2D eigenvalue weighted by atomic mass is 28.2. The first-order chi connectivity index (χ1) is 3.18. The van der Waals surface area contributed by atoms with Gasteiger partial charge in [-0.05, 0) is 6.92 Å². The zero-order chi connectivity index (χ0) is 5.86. The van der Waals surface area contributed by atoms with Crippen LogP contribution in [0.15, 0.2) is 12.2 Å². The van der Waals surface area contributed by atoms with Crippen LogP contribution < -0.4 is 0 Å². The third-order valence-corrected chi connectivity index (χ3v) is 0.905. The minimum Gasteiger partial charge on any atom is -0.526 e. The molecule has 0 heterocycles. The van der Waals surface area contributed by atoms with Gasteiger partial charge in [-0.1, -0.05) is 21.4 Å². The van der Waals surface area contributed by atoms with Gasteiger partial charge in [0.15, 0.2) is 0 Å². The summed E-state index contributed by atoms with van der Waals surface area (Å²) >= 11 is 0. The van der Waals surface area contributed by atoms with E-state index in [2.05, 4.69) is 11.0 Å². The molecular formula is C6H16O2Si. The number of carbonyl (C=O) groups excluding carboxylic acids is 1. The SMILES string of the molecule is C.C.C=C(C)C(=O)O[SiH3]. The molecule has 0 saturated heterocycles. The van der Waals surface area contributed by atoms with Crippen molar-refractivity contribution in [2.75, 3.05) is 0 Å². The van der Waals surface area contributed by atoms with E-state index in [1.807, 2.05) is 0 Å². The van der Waals surface area contributed by atoms with Gasteiger partial charge in [-0.2, -0.15) is 0 Å². The molecule has 0 aliphatic rings. The van der Waals surface area contributed by atoms with Crippen LogP contribution in [0, 0.1) is 0 Å². The van der Waals surface area contributed by atoms with Crippen LogP contribution in [0.5, 0.6) is 0 Å². The Morgan fingerprint density at radius 2 is 1.89 bits per heavy atom. The summed E-state index contributed by atoms with van der Waals surface area (Å²) in [5, 5.41) is 0. The minimum absolute atomic E-state index is 0. The van der Waals surface area contributed by atoms with Gasteiger partial charge in [0.25, 0.3) is 0 Å². The van der Waals surface area contributed by atoms with Gasteiger partial charge in [-0.15, -0.1) is 0 Å². The van der Waals surface area contributed by atoms with Crippen molar-refractivity contribution in [2.45, 2.75) is 21.8 Å². The predicted molar refractivity (Wildman–Crippen MR) is 44.3 cm³/mol. The van der Waals surface area contributed by atoms with Crippen LogP contribution in [0.2, 0.25) is 0 Å². The van der Waals surface area contributed by atoms with E-state index < -0.39 is 0 Å². The maximum absolute atomic E-state index is 10.2. The first-order valence-corrected chi connectivity index (χ1v) is 2.74. The van der Waals surface area contributed by atoms with Crippen molar-refractivity contribution in [3.63, 3.8) is 0 Å². The molecule has 2 nitrogen and oxygen atoms in total. The molecule has 3 heteroatoms. The van der Waals surface area contributed by atoms with Gasteiger partial charge in [0.05, 0.1) is 0 Å². The molecule has 56 valence electrons. The first-order valence-electron chi connectivity index (χ1n) is 1.92. The normalized spacial score (nSPS) is 6.33. The van der Waals surface area contributed by atoms with Gasteiger partial charge in [0.2, 0.25) is 10.5 Å². The smallest absolute Gasteiger partial charge is 0.319 e. The maximum Gasteiger partial charge on any atom is 0.319 e. The summed E-state index contributed by atoms with van der Waals surface area (Å²) in [6, 6.07) is 0. The van der Waals surface area contributed by atoms with E-state index in [9.17, 15) is 4.79 Å². The molecule has 9 heavy (non-hydrogen) atoms. The average molecular weight is 148 g/mol. The zero-order valence-corrected chi connectivity index (χ0v) is 6.52. The molecule has 0 spiro atoms. The highest BCUT2D eigenvalue weighted by Gasteiger charge is 1.94. The van der Waals surface area contributed by atoms with Crippen LogP contribution in [0.25, 0.3) is 0 Å². The molecule has 0 N–H and O–H groups in total. The molecule has 0 aromatic rings. The lowest BCUT2D eigenvalue weighted by Gasteiger charge is -1.92. The summed E-state index contributed by atoms with van der Waals surface area (Å²) in [5.74, 6) is -0.285. The van der Waals surface area contributed by atoms with Crippen molar-refractivity contribution in [1.29, 1.82) is 0 Å².